The first kappa shape index (κ1) is 25.4. The van der Waals surface area contributed by atoms with E-state index in [-0.39, 0.29) is 36.4 Å². The fourth-order valence-electron chi connectivity index (χ4n) is 4.28. The number of para-hydroxylation sites is 1. The fourth-order valence-corrected chi connectivity index (χ4v) is 4.45. The summed E-state index contributed by atoms with van der Waals surface area (Å²) in [4.78, 5) is 55.3. The molecule has 4 amide bonds. The lowest BCUT2D eigenvalue weighted by molar-refractivity contribution is -0.122. The number of piperazine rings is 1. The van der Waals surface area contributed by atoms with Crippen LogP contribution >= 0.6 is 11.6 Å². The molecule has 0 spiro atoms. The standard InChI is InChI=1S/C25H26ClFN4O5/c1-2-36-25(35)30-11-9-29(10-12-30)24(34)18-5-3-4-6-21(18)28-23(33)16-13-22(32)31(15-16)17-7-8-20(27)19(26)14-17/h3-8,14,16H,2,9-13,15H2,1H3,(H,28,33). The molecular weight excluding hydrogens is 491 g/mol. The summed E-state index contributed by atoms with van der Waals surface area (Å²) in [5, 5.41) is 2.69. The number of ether oxygens (including phenoxy) is 1. The molecule has 2 heterocycles. The van der Waals surface area contributed by atoms with Gasteiger partial charge in [0.25, 0.3) is 5.91 Å². The van der Waals surface area contributed by atoms with Gasteiger partial charge in [-0.2, -0.15) is 0 Å². The van der Waals surface area contributed by atoms with Crippen molar-refractivity contribution in [1.29, 1.82) is 0 Å². The summed E-state index contributed by atoms with van der Waals surface area (Å²) < 4.78 is 18.5. The first-order valence-corrected chi connectivity index (χ1v) is 12.0. The molecule has 2 fully saturated rings. The van der Waals surface area contributed by atoms with Gasteiger partial charge in [-0.3, -0.25) is 14.4 Å². The molecule has 1 atom stereocenters. The number of amides is 4. The Kier molecular flexibility index (Phi) is 7.73. The molecule has 4 rings (SSSR count). The molecular formula is C25H26ClFN4O5. The van der Waals surface area contributed by atoms with Crippen LogP contribution < -0.4 is 10.2 Å². The molecule has 9 nitrogen and oxygen atoms in total. The minimum atomic E-state index is -0.655. The molecule has 190 valence electrons. The lowest BCUT2D eigenvalue weighted by atomic mass is 10.1. The first-order chi connectivity index (χ1) is 17.3. The van der Waals surface area contributed by atoms with Crippen LogP contribution in [0.5, 0.6) is 0 Å². The van der Waals surface area contributed by atoms with Crippen molar-refractivity contribution in [3.05, 3.63) is 58.9 Å². The van der Waals surface area contributed by atoms with Crippen LogP contribution in [0.1, 0.15) is 23.7 Å². The summed E-state index contributed by atoms with van der Waals surface area (Å²) in [6.45, 7) is 3.52. The molecule has 2 saturated heterocycles. The summed E-state index contributed by atoms with van der Waals surface area (Å²) in [5.74, 6) is -2.19. The Labute approximate surface area is 212 Å². The van der Waals surface area contributed by atoms with Crippen molar-refractivity contribution >= 4 is 46.8 Å². The van der Waals surface area contributed by atoms with Gasteiger partial charge in [-0.05, 0) is 37.3 Å². The first-order valence-electron chi connectivity index (χ1n) is 11.6. The average Bonchev–Trinajstić information content (AvgIpc) is 3.27. The monoisotopic (exact) mass is 516 g/mol. The SMILES string of the molecule is CCOC(=O)N1CCN(C(=O)c2ccccc2NC(=O)C2CC(=O)N(c3ccc(F)c(Cl)c3)C2)CC1. The molecule has 0 radical (unpaired) electrons. The van der Waals surface area contributed by atoms with Gasteiger partial charge in [0.05, 0.1) is 28.8 Å². The van der Waals surface area contributed by atoms with Gasteiger partial charge in [-0.1, -0.05) is 23.7 Å². The highest BCUT2D eigenvalue weighted by molar-refractivity contribution is 6.31. The van der Waals surface area contributed by atoms with Crippen molar-refractivity contribution in [3.8, 4) is 0 Å². The largest absolute Gasteiger partial charge is 0.450 e. The molecule has 1 unspecified atom stereocenters. The third kappa shape index (κ3) is 5.43. The van der Waals surface area contributed by atoms with Crippen LogP contribution in [0.25, 0.3) is 0 Å². The van der Waals surface area contributed by atoms with Crippen molar-refractivity contribution in [2.24, 2.45) is 5.92 Å². The number of carbonyl (C=O) groups excluding carboxylic acids is 4. The molecule has 2 aliphatic heterocycles. The van der Waals surface area contributed by atoms with Crippen molar-refractivity contribution in [3.63, 3.8) is 0 Å². The molecule has 2 aromatic carbocycles. The summed E-state index contributed by atoms with van der Waals surface area (Å²) in [6.07, 6.45) is -0.424. The van der Waals surface area contributed by atoms with E-state index in [0.717, 1.165) is 0 Å². The second-order valence-corrected chi connectivity index (χ2v) is 8.92. The number of anilines is 2. The van der Waals surface area contributed by atoms with Crippen molar-refractivity contribution in [1.82, 2.24) is 9.80 Å². The number of benzene rings is 2. The van der Waals surface area contributed by atoms with E-state index >= 15 is 0 Å². The third-order valence-electron chi connectivity index (χ3n) is 6.22. The Hall–Kier alpha value is -3.66. The van der Waals surface area contributed by atoms with Gasteiger partial charge in [0, 0.05) is 44.8 Å². The highest BCUT2D eigenvalue weighted by atomic mass is 35.5. The average molecular weight is 517 g/mol. The lowest BCUT2D eigenvalue weighted by Gasteiger charge is -2.34. The minimum absolute atomic E-state index is 0.0211. The number of rotatable bonds is 5. The molecule has 2 aliphatic rings. The van der Waals surface area contributed by atoms with Crippen LogP contribution in [0.2, 0.25) is 5.02 Å². The van der Waals surface area contributed by atoms with Gasteiger partial charge in [0.2, 0.25) is 11.8 Å². The minimum Gasteiger partial charge on any atom is -0.450 e. The Morgan fingerprint density at radius 3 is 2.47 bits per heavy atom. The van der Waals surface area contributed by atoms with E-state index < -0.39 is 23.7 Å². The van der Waals surface area contributed by atoms with Crippen molar-refractivity contribution in [2.45, 2.75) is 13.3 Å². The van der Waals surface area contributed by atoms with Gasteiger partial charge in [-0.25, -0.2) is 9.18 Å². The summed E-state index contributed by atoms with van der Waals surface area (Å²) >= 11 is 5.84. The second-order valence-electron chi connectivity index (χ2n) is 8.52. The topological polar surface area (TPSA) is 99.3 Å². The molecule has 11 heteroatoms. The van der Waals surface area contributed by atoms with Crippen LogP contribution in [0.3, 0.4) is 0 Å². The van der Waals surface area contributed by atoms with Gasteiger partial charge in [-0.15, -0.1) is 0 Å². The summed E-state index contributed by atoms with van der Waals surface area (Å²) in [7, 11) is 0. The quantitative estimate of drug-likeness (QED) is 0.657. The summed E-state index contributed by atoms with van der Waals surface area (Å²) in [6, 6.07) is 10.6. The maximum Gasteiger partial charge on any atom is 0.409 e. The van der Waals surface area contributed by atoms with E-state index in [4.69, 9.17) is 16.3 Å². The van der Waals surface area contributed by atoms with E-state index in [1.807, 2.05) is 0 Å². The van der Waals surface area contributed by atoms with Gasteiger partial charge >= 0.3 is 6.09 Å². The Morgan fingerprint density at radius 1 is 1.08 bits per heavy atom. The van der Waals surface area contributed by atoms with Gasteiger partial charge < -0.3 is 24.8 Å². The van der Waals surface area contributed by atoms with E-state index in [0.29, 0.717) is 43.1 Å². The highest BCUT2D eigenvalue weighted by Crippen LogP contribution is 2.29. The molecule has 0 bridgehead atoms. The number of nitrogens with zero attached hydrogens (tertiary/aromatic N) is 3. The Bertz CT molecular complexity index is 1180. The molecule has 0 aliphatic carbocycles. The van der Waals surface area contributed by atoms with Crippen molar-refractivity contribution in [2.75, 3.05) is 49.5 Å². The number of hydrogen-bond donors (Lipinski definition) is 1. The van der Waals surface area contributed by atoms with Gasteiger partial charge in [0.15, 0.2) is 0 Å². The number of nitrogens with one attached hydrogen (secondary N) is 1. The van der Waals surface area contributed by atoms with Crippen LogP contribution in [0.15, 0.2) is 42.5 Å². The van der Waals surface area contributed by atoms with Crippen LogP contribution in [0, 0.1) is 11.7 Å². The smallest absolute Gasteiger partial charge is 0.409 e. The maximum absolute atomic E-state index is 13.5. The molecule has 0 saturated carbocycles. The Morgan fingerprint density at radius 2 is 1.78 bits per heavy atom. The number of hydrogen-bond acceptors (Lipinski definition) is 5. The van der Waals surface area contributed by atoms with Crippen LogP contribution in [-0.4, -0.2) is 72.9 Å². The highest BCUT2D eigenvalue weighted by Gasteiger charge is 2.36. The van der Waals surface area contributed by atoms with Crippen LogP contribution in [0.4, 0.5) is 20.6 Å². The number of halogens is 2. The second kappa shape index (κ2) is 10.9. The maximum atomic E-state index is 13.5. The van der Waals surface area contributed by atoms with Gasteiger partial charge in [0.1, 0.15) is 5.82 Å². The zero-order valence-electron chi connectivity index (χ0n) is 19.7. The normalized spacial score (nSPS) is 17.8. The zero-order valence-corrected chi connectivity index (χ0v) is 20.5. The molecule has 2 aromatic rings. The van der Waals surface area contributed by atoms with Crippen molar-refractivity contribution < 1.29 is 28.3 Å². The van der Waals surface area contributed by atoms with Crippen LogP contribution in [-0.2, 0) is 14.3 Å². The van der Waals surface area contributed by atoms with E-state index in [1.54, 1.807) is 41.0 Å². The van der Waals surface area contributed by atoms with E-state index in [9.17, 15) is 23.6 Å². The summed E-state index contributed by atoms with van der Waals surface area (Å²) in [5.41, 5.74) is 1.08. The third-order valence-corrected chi connectivity index (χ3v) is 6.51. The predicted octanol–water partition coefficient (Wildman–Crippen LogP) is 3.39. The van der Waals surface area contributed by atoms with E-state index in [1.165, 1.54) is 23.1 Å². The fraction of sp³-hybridized carbons (Fsp3) is 0.360. The molecule has 36 heavy (non-hydrogen) atoms. The number of carbonyl (C=O) groups is 4. The molecule has 0 aromatic heterocycles. The molecule has 1 N–H and O–H groups in total. The predicted molar refractivity (Wildman–Crippen MR) is 131 cm³/mol. The lowest BCUT2D eigenvalue weighted by Crippen LogP contribution is -2.50. The van der Waals surface area contributed by atoms with E-state index in [2.05, 4.69) is 5.32 Å². The zero-order chi connectivity index (χ0) is 25.8. The Balaban J connectivity index is 1.41.